The van der Waals surface area contributed by atoms with Crippen LogP contribution < -0.4 is 5.32 Å². The van der Waals surface area contributed by atoms with Gasteiger partial charge in [0.25, 0.3) is 0 Å². The Morgan fingerprint density at radius 3 is 2.25 bits per heavy atom. The van der Waals surface area contributed by atoms with Crippen LogP contribution in [0.5, 0.6) is 0 Å². The van der Waals surface area contributed by atoms with Gasteiger partial charge in [-0.05, 0) is 19.3 Å². The molecule has 0 unspecified atom stereocenters. The zero-order valence-electron chi connectivity index (χ0n) is 11.4. The smallest absolute Gasteiger partial charge is 0.223 e. The average Bonchev–Trinajstić information content (AvgIpc) is 2.67. The molecular weight excluding hydrogens is 304 g/mol. The molecule has 0 saturated carbocycles. The number of carbonyl (C=O) groups excluding carboxylic acids is 1. The zero-order valence-corrected chi connectivity index (χ0v) is 13.0. The molecule has 0 aromatic carbocycles. The minimum Gasteiger partial charge on any atom is -0.352 e. The quantitative estimate of drug-likeness (QED) is 0.715. The summed E-state index contributed by atoms with van der Waals surface area (Å²) in [5, 5.41) is 2.77. The first kappa shape index (κ1) is 15.7. The molecule has 116 valence electrons. The molecule has 2 aliphatic heterocycles. The van der Waals surface area contributed by atoms with Gasteiger partial charge in [-0.1, -0.05) is 0 Å². The number of nitrogens with zero attached hydrogens (tertiary/aromatic N) is 1. The number of hydrogen-bond donors (Lipinski definition) is 1. The summed E-state index contributed by atoms with van der Waals surface area (Å²) in [5.74, 6) is -0.234. The maximum atomic E-state index is 12.0. The summed E-state index contributed by atoms with van der Waals surface area (Å²) in [4.78, 5) is 12.0. The molecule has 1 N–H and O–H groups in total. The molecule has 2 aliphatic rings. The van der Waals surface area contributed by atoms with Crippen LogP contribution in [0.1, 0.15) is 19.3 Å². The molecule has 0 aromatic heterocycles. The minimum atomic E-state index is -3.19. The van der Waals surface area contributed by atoms with Crippen molar-refractivity contribution in [3.63, 3.8) is 0 Å². The number of rotatable bonds is 3. The SMILES string of the molecule is CS(=O)(=O)N1CCC(C(=O)N[C@@H]2CCS(=O)(=O)C2)CC1. The average molecular weight is 324 g/mol. The third-order valence-corrected chi connectivity index (χ3v) is 6.94. The summed E-state index contributed by atoms with van der Waals surface area (Å²) in [6, 6.07) is -0.291. The largest absolute Gasteiger partial charge is 0.352 e. The molecule has 7 nitrogen and oxygen atoms in total. The molecule has 0 bridgehead atoms. The second-order valence-corrected chi connectivity index (χ2v) is 9.76. The Balaban J connectivity index is 1.84. The fourth-order valence-corrected chi connectivity index (χ4v) is 5.22. The highest BCUT2D eigenvalue weighted by molar-refractivity contribution is 7.91. The van der Waals surface area contributed by atoms with Gasteiger partial charge in [0.15, 0.2) is 9.84 Å². The van der Waals surface area contributed by atoms with Crippen molar-refractivity contribution in [3.05, 3.63) is 0 Å². The number of hydrogen-bond acceptors (Lipinski definition) is 5. The lowest BCUT2D eigenvalue weighted by Crippen LogP contribution is -2.45. The summed E-state index contributed by atoms with van der Waals surface area (Å²) in [6.45, 7) is 0.694. The van der Waals surface area contributed by atoms with E-state index in [-0.39, 0.29) is 29.4 Å². The van der Waals surface area contributed by atoms with Gasteiger partial charge in [-0.2, -0.15) is 0 Å². The Bertz CT molecular complexity index is 576. The number of piperidine rings is 1. The van der Waals surface area contributed by atoms with E-state index < -0.39 is 19.9 Å². The van der Waals surface area contributed by atoms with Crippen molar-refractivity contribution in [2.75, 3.05) is 30.9 Å². The molecule has 9 heteroatoms. The normalized spacial score (nSPS) is 28.4. The van der Waals surface area contributed by atoms with E-state index in [1.165, 1.54) is 4.31 Å². The van der Waals surface area contributed by atoms with Gasteiger partial charge in [-0.3, -0.25) is 4.79 Å². The molecule has 1 amide bonds. The third kappa shape index (κ3) is 3.92. The van der Waals surface area contributed by atoms with Gasteiger partial charge in [-0.25, -0.2) is 21.1 Å². The summed E-state index contributed by atoms with van der Waals surface area (Å²) in [6.07, 6.45) is 2.60. The molecule has 1 atom stereocenters. The number of sulfonamides is 1. The van der Waals surface area contributed by atoms with Crippen molar-refractivity contribution in [1.82, 2.24) is 9.62 Å². The van der Waals surface area contributed by atoms with E-state index in [9.17, 15) is 21.6 Å². The Morgan fingerprint density at radius 1 is 1.20 bits per heavy atom. The number of carbonyl (C=O) groups is 1. The molecule has 0 radical (unpaired) electrons. The standard InChI is InChI=1S/C11H20N2O5S2/c1-19(15,16)13-5-2-9(3-6-13)11(14)12-10-4-7-20(17,18)8-10/h9-10H,2-8H2,1H3,(H,12,14)/t10-/m1/s1. The molecule has 2 fully saturated rings. The summed E-state index contributed by atoms with van der Waals surface area (Å²) < 4.78 is 46.8. The molecular formula is C11H20N2O5S2. The van der Waals surface area contributed by atoms with Crippen molar-refractivity contribution < 1.29 is 21.6 Å². The molecule has 2 rings (SSSR count). The molecule has 20 heavy (non-hydrogen) atoms. The van der Waals surface area contributed by atoms with Crippen LogP contribution in [0.15, 0.2) is 0 Å². The van der Waals surface area contributed by atoms with E-state index in [2.05, 4.69) is 5.32 Å². The predicted octanol–water partition coefficient (Wildman–Crippen LogP) is -1.04. The molecule has 2 saturated heterocycles. The van der Waals surface area contributed by atoms with E-state index in [4.69, 9.17) is 0 Å². The first-order valence-electron chi connectivity index (χ1n) is 6.63. The second-order valence-electron chi connectivity index (χ2n) is 5.54. The maximum Gasteiger partial charge on any atom is 0.223 e. The van der Waals surface area contributed by atoms with E-state index in [1.54, 1.807) is 0 Å². The Kier molecular flexibility index (Phi) is 4.41. The Labute approximate surface area is 119 Å². The molecule has 0 spiro atoms. The van der Waals surface area contributed by atoms with Crippen LogP contribution in [-0.2, 0) is 24.7 Å². The summed E-state index contributed by atoms with van der Waals surface area (Å²) in [5.41, 5.74) is 0. The highest BCUT2D eigenvalue weighted by atomic mass is 32.2. The van der Waals surface area contributed by atoms with Gasteiger partial charge < -0.3 is 5.32 Å². The van der Waals surface area contributed by atoms with Crippen LogP contribution in [0.3, 0.4) is 0 Å². The fourth-order valence-electron chi connectivity index (χ4n) is 2.68. The van der Waals surface area contributed by atoms with Crippen molar-refractivity contribution in [3.8, 4) is 0 Å². The van der Waals surface area contributed by atoms with Crippen molar-refractivity contribution in [2.45, 2.75) is 25.3 Å². The lowest BCUT2D eigenvalue weighted by atomic mass is 9.97. The van der Waals surface area contributed by atoms with E-state index in [0.717, 1.165) is 6.26 Å². The summed E-state index contributed by atoms with van der Waals surface area (Å²) >= 11 is 0. The van der Waals surface area contributed by atoms with E-state index in [1.807, 2.05) is 0 Å². The van der Waals surface area contributed by atoms with E-state index in [0.29, 0.717) is 32.4 Å². The molecule has 0 aliphatic carbocycles. The first-order valence-corrected chi connectivity index (χ1v) is 10.3. The number of sulfone groups is 1. The first-order chi connectivity index (χ1) is 9.17. The number of amides is 1. The lowest BCUT2D eigenvalue weighted by molar-refractivity contribution is -0.126. The van der Waals surface area contributed by atoms with Crippen LogP contribution in [0.2, 0.25) is 0 Å². The Hall–Kier alpha value is -0.670. The predicted molar refractivity (Wildman–Crippen MR) is 74.3 cm³/mol. The highest BCUT2D eigenvalue weighted by Gasteiger charge is 2.33. The summed E-state index contributed by atoms with van der Waals surface area (Å²) in [7, 11) is -6.19. The monoisotopic (exact) mass is 324 g/mol. The second kappa shape index (κ2) is 5.61. The van der Waals surface area contributed by atoms with Crippen LogP contribution in [0.4, 0.5) is 0 Å². The van der Waals surface area contributed by atoms with E-state index >= 15 is 0 Å². The maximum absolute atomic E-state index is 12.0. The van der Waals surface area contributed by atoms with Crippen LogP contribution in [-0.4, -0.2) is 63.9 Å². The third-order valence-electron chi connectivity index (χ3n) is 3.87. The van der Waals surface area contributed by atoms with Gasteiger partial charge >= 0.3 is 0 Å². The Morgan fingerprint density at radius 2 is 1.80 bits per heavy atom. The molecule has 0 aromatic rings. The zero-order chi connectivity index (χ0) is 15.0. The highest BCUT2D eigenvalue weighted by Crippen LogP contribution is 2.20. The minimum absolute atomic E-state index is 0.0148. The van der Waals surface area contributed by atoms with Gasteiger partial charge in [0.05, 0.1) is 17.8 Å². The van der Waals surface area contributed by atoms with Gasteiger partial charge in [-0.15, -0.1) is 0 Å². The van der Waals surface area contributed by atoms with Crippen molar-refractivity contribution in [2.24, 2.45) is 5.92 Å². The fraction of sp³-hybridized carbons (Fsp3) is 0.909. The topological polar surface area (TPSA) is 101 Å². The lowest BCUT2D eigenvalue weighted by Gasteiger charge is -2.30. The van der Waals surface area contributed by atoms with Crippen LogP contribution >= 0.6 is 0 Å². The number of nitrogens with one attached hydrogen (secondary N) is 1. The van der Waals surface area contributed by atoms with Crippen LogP contribution in [0, 0.1) is 5.92 Å². The van der Waals surface area contributed by atoms with Crippen molar-refractivity contribution >= 4 is 25.8 Å². The van der Waals surface area contributed by atoms with Gasteiger partial charge in [0.1, 0.15) is 0 Å². The molecule has 2 heterocycles. The van der Waals surface area contributed by atoms with Gasteiger partial charge in [0, 0.05) is 25.0 Å². The van der Waals surface area contributed by atoms with Crippen molar-refractivity contribution in [1.29, 1.82) is 0 Å². The van der Waals surface area contributed by atoms with Crippen LogP contribution in [0.25, 0.3) is 0 Å². The van der Waals surface area contributed by atoms with Gasteiger partial charge in [0.2, 0.25) is 15.9 Å².